The highest BCUT2D eigenvalue weighted by Crippen LogP contribution is 2.29. The Morgan fingerprint density at radius 2 is 1.76 bits per heavy atom. The summed E-state index contributed by atoms with van der Waals surface area (Å²) in [5, 5.41) is 9.41. The first-order valence-corrected chi connectivity index (χ1v) is 10.4. The van der Waals surface area contributed by atoms with E-state index in [1.165, 1.54) is 11.8 Å². The molecular weight excluding hydrogens is 386 g/mol. The molecule has 0 aliphatic heterocycles. The SMILES string of the molecule is CCn1c(Cc2ccc(OC)c(OC)c2)nnc1SCC(=O)c1ccc(C)cc1. The highest BCUT2D eigenvalue weighted by molar-refractivity contribution is 7.99. The van der Waals surface area contributed by atoms with Crippen LogP contribution in [0.3, 0.4) is 0 Å². The van der Waals surface area contributed by atoms with E-state index in [2.05, 4.69) is 10.2 Å². The number of benzene rings is 2. The number of ketones is 1. The summed E-state index contributed by atoms with van der Waals surface area (Å²) < 4.78 is 12.7. The first-order chi connectivity index (χ1) is 14.0. The van der Waals surface area contributed by atoms with Crippen molar-refractivity contribution in [2.75, 3.05) is 20.0 Å². The smallest absolute Gasteiger partial charge is 0.191 e. The minimum Gasteiger partial charge on any atom is -0.493 e. The third-order valence-electron chi connectivity index (χ3n) is 4.63. The van der Waals surface area contributed by atoms with Gasteiger partial charge in [-0.05, 0) is 31.5 Å². The van der Waals surface area contributed by atoms with E-state index >= 15 is 0 Å². The number of carbonyl (C=O) groups is 1. The summed E-state index contributed by atoms with van der Waals surface area (Å²) in [6, 6.07) is 13.5. The molecule has 0 aliphatic rings. The molecule has 0 radical (unpaired) electrons. The van der Waals surface area contributed by atoms with E-state index in [9.17, 15) is 4.79 Å². The van der Waals surface area contributed by atoms with Gasteiger partial charge < -0.3 is 14.0 Å². The third kappa shape index (κ3) is 4.98. The molecule has 0 atom stereocenters. The van der Waals surface area contributed by atoms with E-state index in [-0.39, 0.29) is 5.78 Å². The lowest BCUT2D eigenvalue weighted by atomic mass is 10.1. The van der Waals surface area contributed by atoms with Crippen LogP contribution in [-0.4, -0.2) is 40.5 Å². The summed E-state index contributed by atoms with van der Waals surface area (Å²) in [5.74, 6) is 2.65. The molecule has 6 nitrogen and oxygen atoms in total. The van der Waals surface area contributed by atoms with Crippen molar-refractivity contribution in [3.8, 4) is 11.5 Å². The number of ether oxygens (including phenoxy) is 2. The van der Waals surface area contributed by atoms with Crippen molar-refractivity contribution in [2.45, 2.75) is 32.0 Å². The fourth-order valence-electron chi connectivity index (χ4n) is 3.00. The summed E-state index contributed by atoms with van der Waals surface area (Å²) in [6.45, 7) is 4.79. The molecule has 0 fully saturated rings. The van der Waals surface area contributed by atoms with Crippen LogP contribution in [0.4, 0.5) is 0 Å². The summed E-state index contributed by atoms with van der Waals surface area (Å²) in [6.07, 6.45) is 0.619. The Balaban J connectivity index is 1.71. The lowest BCUT2D eigenvalue weighted by Gasteiger charge is -2.10. The van der Waals surface area contributed by atoms with E-state index < -0.39 is 0 Å². The Morgan fingerprint density at radius 1 is 1.03 bits per heavy atom. The Labute approximate surface area is 175 Å². The Morgan fingerprint density at radius 3 is 2.41 bits per heavy atom. The van der Waals surface area contributed by atoms with Crippen LogP contribution in [0.5, 0.6) is 11.5 Å². The number of thioether (sulfide) groups is 1. The number of aryl methyl sites for hydroxylation is 1. The van der Waals surface area contributed by atoms with Crippen molar-refractivity contribution in [2.24, 2.45) is 0 Å². The zero-order valence-corrected chi connectivity index (χ0v) is 18.0. The van der Waals surface area contributed by atoms with Crippen LogP contribution in [0.2, 0.25) is 0 Å². The second-order valence-electron chi connectivity index (χ2n) is 6.59. The molecule has 1 heterocycles. The number of hydrogen-bond donors (Lipinski definition) is 0. The number of nitrogens with zero attached hydrogens (tertiary/aromatic N) is 3. The second kappa shape index (κ2) is 9.60. The van der Waals surface area contributed by atoms with E-state index in [0.717, 1.165) is 34.2 Å². The van der Waals surface area contributed by atoms with Gasteiger partial charge in [0.1, 0.15) is 5.82 Å². The molecule has 3 aromatic rings. The Hall–Kier alpha value is -2.80. The quantitative estimate of drug-likeness (QED) is 0.389. The topological polar surface area (TPSA) is 66.2 Å². The third-order valence-corrected chi connectivity index (χ3v) is 5.59. The van der Waals surface area contributed by atoms with Gasteiger partial charge in [-0.2, -0.15) is 0 Å². The molecule has 0 N–H and O–H groups in total. The summed E-state index contributed by atoms with van der Waals surface area (Å²) in [7, 11) is 3.24. The molecule has 0 unspecified atom stereocenters. The minimum absolute atomic E-state index is 0.0853. The van der Waals surface area contributed by atoms with Gasteiger partial charge in [0, 0.05) is 18.5 Å². The summed E-state index contributed by atoms with van der Waals surface area (Å²) in [5.41, 5.74) is 2.91. The van der Waals surface area contributed by atoms with Crippen molar-refractivity contribution < 1.29 is 14.3 Å². The van der Waals surface area contributed by atoms with Crippen LogP contribution in [-0.2, 0) is 13.0 Å². The number of hydrogen-bond acceptors (Lipinski definition) is 6. The van der Waals surface area contributed by atoms with Gasteiger partial charge in [0.25, 0.3) is 0 Å². The average molecular weight is 412 g/mol. The van der Waals surface area contributed by atoms with E-state index in [1.54, 1.807) is 14.2 Å². The molecule has 0 spiro atoms. The molecule has 1 aromatic heterocycles. The second-order valence-corrected chi connectivity index (χ2v) is 7.53. The molecule has 0 saturated heterocycles. The van der Waals surface area contributed by atoms with E-state index in [0.29, 0.717) is 23.7 Å². The van der Waals surface area contributed by atoms with Crippen LogP contribution in [0.15, 0.2) is 47.6 Å². The molecule has 29 heavy (non-hydrogen) atoms. The van der Waals surface area contributed by atoms with Crippen LogP contribution in [0.25, 0.3) is 0 Å². The van der Waals surface area contributed by atoms with E-state index in [1.807, 2.05) is 60.9 Å². The number of aromatic nitrogens is 3. The van der Waals surface area contributed by atoms with Gasteiger partial charge >= 0.3 is 0 Å². The average Bonchev–Trinajstić information content (AvgIpc) is 3.13. The van der Waals surface area contributed by atoms with Crippen LogP contribution < -0.4 is 9.47 Å². The van der Waals surface area contributed by atoms with Crippen molar-refractivity contribution in [3.05, 3.63) is 65.0 Å². The monoisotopic (exact) mass is 411 g/mol. The lowest BCUT2D eigenvalue weighted by molar-refractivity contribution is 0.102. The van der Waals surface area contributed by atoms with Crippen molar-refractivity contribution in [1.29, 1.82) is 0 Å². The van der Waals surface area contributed by atoms with Gasteiger partial charge in [0.2, 0.25) is 0 Å². The first kappa shape index (κ1) is 20.9. The predicted octanol–water partition coefficient (Wildman–Crippen LogP) is 4.19. The Bertz CT molecular complexity index is 983. The summed E-state index contributed by atoms with van der Waals surface area (Å²) in [4.78, 5) is 12.5. The molecule has 7 heteroatoms. The number of Topliss-reactive ketones (excluding diaryl/α,β-unsaturated/α-hetero) is 1. The molecule has 152 valence electrons. The number of methoxy groups -OCH3 is 2. The fraction of sp³-hybridized carbons (Fsp3) is 0.318. The zero-order chi connectivity index (χ0) is 20.8. The zero-order valence-electron chi connectivity index (χ0n) is 17.1. The number of carbonyl (C=O) groups excluding carboxylic acids is 1. The van der Waals surface area contributed by atoms with Crippen LogP contribution in [0.1, 0.15) is 34.2 Å². The van der Waals surface area contributed by atoms with Crippen LogP contribution >= 0.6 is 11.8 Å². The molecule has 3 rings (SSSR count). The Kier molecular flexibility index (Phi) is 6.93. The van der Waals surface area contributed by atoms with Gasteiger partial charge in [-0.3, -0.25) is 4.79 Å². The maximum absolute atomic E-state index is 12.5. The number of rotatable bonds is 9. The molecule has 0 amide bonds. The van der Waals surface area contributed by atoms with Gasteiger partial charge in [-0.25, -0.2) is 0 Å². The predicted molar refractivity (Wildman–Crippen MR) is 114 cm³/mol. The highest BCUT2D eigenvalue weighted by atomic mass is 32.2. The molecular formula is C22H25N3O3S. The molecule has 0 saturated carbocycles. The van der Waals surface area contributed by atoms with Crippen molar-refractivity contribution in [1.82, 2.24) is 14.8 Å². The van der Waals surface area contributed by atoms with Crippen molar-refractivity contribution in [3.63, 3.8) is 0 Å². The maximum Gasteiger partial charge on any atom is 0.191 e. The van der Waals surface area contributed by atoms with Gasteiger partial charge in [0.05, 0.1) is 20.0 Å². The normalized spacial score (nSPS) is 10.8. The van der Waals surface area contributed by atoms with E-state index in [4.69, 9.17) is 9.47 Å². The standard InChI is InChI=1S/C22H25N3O3S/c1-5-25-21(13-16-8-11-19(27-3)20(12-16)28-4)23-24-22(25)29-14-18(26)17-9-6-15(2)7-10-17/h6-12H,5,13-14H2,1-4H3. The van der Waals surface area contributed by atoms with Gasteiger partial charge in [-0.15, -0.1) is 10.2 Å². The first-order valence-electron chi connectivity index (χ1n) is 9.41. The minimum atomic E-state index is 0.0853. The molecule has 0 bridgehead atoms. The molecule has 0 aliphatic carbocycles. The largest absolute Gasteiger partial charge is 0.493 e. The van der Waals surface area contributed by atoms with Gasteiger partial charge in [-0.1, -0.05) is 47.7 Å². The van der Waals surface area contributed by atoms with Crippen molar-refractivity contribution >= 4 is 17.5 Å². The summed E-state index contributed by atoms with van der Waals surface area (Å²) >= 11 is 1.42. The maximum atomic E-state index is 12.5. The molecule has 2 aromatic carbocycles. The highest BCUT2D eigenvalue weighted by Gasteiger charge is 2.15. The lowest BCUT2D eigenvalue weighted by Crippen LogP contribution is -2.07. The van der Waals surface area contributed by atoms with Crippen LogP contribution in [0, 0.1) is 6.92 Å². The fourth-order valence-corrected chi connectivity index (χ4v) is 3.92. The van der Waals surface area contributed by atoms with Gasteiger partial charge in [0.15, 0.2) is 22.4 Å².